The van der Waals surface area contributed by atoms with Gasteiger partial charge in [0.15, 0.2) is 0 Å². The van der Waals surface area contributed by atoms with Crippen LogP contribution in [-0.2, 0) is 9.53 Å². The molecule has 0 spiro atoms. The van der Waals surface area contributed by atoms with E-state index in [-0.39, 0.29) is 23.7 Å². The molecule has 2 aliphatic carbocycles. The van der Waals surface area contributed by atoms with Crippen LogP contribution in [-0.4, -0.2) is 16.9 Å². The van der Waals surface area contributed by atoms with E-state index in [9.17, 15) is 9.90 Å². The number of hydrogen-bond donors (Lipinski definition) is 1. The minimum atomic E-state index is -1.08. The molecule has 72 valence electrons. The zero-order chi connectivity index (χ0) is 9.05. The van der Waals surface area contributed by atoms with Gasteiger partial charge in [0.2, 0.25) is 5.79 Å². The van der Waals surface area contributed by atoms with Gasteiger partial charge in [0.25, 0.3) is 0 Å². The van der Waals surface area contributed by atoms with Crippen LogP contribution in [0.4, 0.5) is 0 Å². The maximum Gasteiger partial charge on any atom is 0.311 e. The van der Waals surface area contributed by atoms with E-state index in [2.05, 4.69) is 0 Å². The highest BCUT2D eigenvalue weighted by Crippen LogP contribution is 2.54. The standard InChI is InChI=1S/C10H14O3/c11-9-6-4-7-2-1-3-8(5-6)10(7,12)13-9/h6-8,12H,1-5H2/t6?,7-,8+,10?. The second-order valence-corrected chi connectivity index (χ2v) is 4.67. The summed E-state index contributed by atoms with van der Waals surface area (Å²) in [5.74, 6) is -0.712. The summed E-state index contributed by atoms with van der Waals surface area (Å²) in [4.78, 5) is 11.3. The van der Waals surface area contributed by atoms with E-state index in [1.54, 1.807) is 0 Å². The van der Waals surface area contributed by atoms with Gasteiger partial charge in [0, 0.05) is 11.8 Å². The van der Waals surface area contributed by atoms with E-state index in [0.717, 1.165) is 25.7 Å². The fourth-order valence-electron chi connectivity index (χ4n) is 3.32. The van der Waals surface area contributed by atoms with E-state index in [1.165, 1.54) is 6.42 Å². The molecule has 1 N–H and O–H groups in total. The fourth-order valence-corrected chi connectivity index (χ4v) is 3.32. The second kappa shape index (κ2) is 2.27. The number of carbonyl (C=O) groups is 1. The molecule has 4 rings (SSSR count). The van der Waals surface area contributed by atoms with Crippen LogP contribution in [0.25, 0.3) is 0 Å². The van der Waals surface area contributed by atoms with E-state index in [0.29, 0.717) is 0 Å². The van der Waals surface area contributed by atoms with Crippen LogP contribution in [0.5, 0.6) is 0 Å². The third-order valence-electron chi connectivity index (χ3n) is 4.01. The van der Waals surface area contributed by atoms with E-state index < -0.39 is 5.79 Å². The molecule has 2 saturated heterocycles. The van der Waals surface area contributed by atoms with Gasteiger partial charge < -0.3 is 9.84 Å². The molecule has 4 aliphatic rings. The molecule has 0 aromatic heterocycles. The predicted octanol–water partition coefficient (Wildman–Crippen LogP) is 1.06. The summed E-state index contributed by atoms with van der Waals surface area (Å²) in [5.41, 5.74) is 0. The third-order valence-corrected chi connectivity index (χ3v) is 4.01. The van der Waals surface area contributed by atoms with Crippen LogP contribution in [0.1, 0.15) is 32.1 Å². The van der Waals surface area contributed by atoms with Gasteiger partial charge in [-0.2, -0.15) is 0 Å². The number of ether oxygens (including phenoxy) is 1. The molecule has 0 aromatic rings. The summed E-state index contributed by atoms with van der Waals surface area (Å²) in [5, 5.41) is 10.2. The van der Waals surface area contributed by atoms with Crippen molar-refractivity contribution in [1.29, 1.82) is 0 Å². The normalized spacial score (nSPS) is 53.3. The van der Waals surface area contributed by atoms with Crippen molar-refractivity contribution in [3.05, 3.63) is 0 Å². The van der Waals surface area contributed by atoms with Gasteiger partial charge in [-0.15, -0.1) is 0 Å². The molecule has 2 unspecified atom stereocenters. The van der Waals surface area contributed by atoms with Crippen LogP contribution in [0.2, 0.25) is 0 Å². The molecule has 0 aromatic carbocycles. The van der Waals surface area contributed by atoms with Crippen molar-refractivity contribution in [2.24, 2.45) is 17.8 Å². The molecule has 3 heteroatoms. The average Bonchev–Trinajstić information content (AvgIpc) is 2.00. The Morgan fingerprint density at radius 3 is 2.54 bits per heavy atom. The lowest BCUT2D eigenvalue weighted by Gasteiger charge is -2.54. The SMILES string of the molecule is O=C1OC2(O)[C@@H]3CCC[C@H]2CC1C3. The van der Waals surface area contributed by atoms with Gasteiger partial charge in [0.1, 0.15) is 0 Å². The van der Waals surface area contributed by atoms with Gasteiger partial charge in [-0.25, -0.2) is 0 Å². The Kier molecular flexibility index (Phi) is 1.36. The summed E-state index contributed by atoms with van der Waals surface area (Å²) in [6.07, 6.45) is 4.94. The molecular formula is C10H14O3. The minimum Gasteiger partial charge on any atom is -0.432 e. The summed E-state index contributed by atoms with van der Waals surface area (Å²) in [7, 11) is 0. The lowest BCUT2D eigenvalue weighted by Crippen LogP contribution is -2.61. The Balaban J connectivity index is 1.99. The van der Waals surface area contributed by atoms with Crippen LogP contribution in [0.15, 0.2) is 0 Å². The maximum atomic E-state index is 11.3. The van der Waals surface area contributed by atoms with Crippen molar-refractivity contribution in [1.82, 2.24) is 0 Å². The highest BCUT2D eigenvalue weighted by Gasteiger charge is 2.59. The summed E-state index contributed by atoms with van der Waals surface area (Å²) in [6.45, 7) is 0. The molecule has 4 fully saturated rings. The minimum absolute atomic E-state index is 0.0873. The van der Waals surface area contributed by atoms with Gasteiger partial charge in [-0.1, -0.05) is 6.42 Å². The molecule has 2 saturated carbocycles. The number of carbonyl (C=O) groups excluding carboxylic acids is 1. The van der Waals surface area contributed by atoms with E-state index >= 15 is 0 Å². The van der Waals surface area contributed by atoms with E-state index in [4.69, 9.17) is 4.74 Å². The first-order chi connectivity index (χ1) is 6.20. The highest BCUT2D eigenvalue weighted by atomic mass is 16.7. The fraction of sp³-hybridized carbons (Fsp3) is 0.900. The van der Waals surface area contributed by atoms with Crippen LogP contribution < -0.4 is 0 Å². The topological polar surface area (TPSA) is 46.5 Å². The number of rotatable bonds is 0. The number of fused-ring (bicyclic) bond motifs is 1. The molecule has 13 heavy (non-hydrogen) atoms. The monoisotopic (exact) mass is 182 g/mol. The molecular weight excluding hydrogens is 168 g/mol. The molecule has 4 atom stereocenters. The number of esters is 1. The van der Waals surface area contributed by atoms with E-state index in [1.807, 2.05) is 0 Å². The zero-order valence-corrected chi connectivity index (χ0v) is 7.53. The molecule has 2 heterocycles. The largest absolute Gasteiger partial charge is 0.432 e. The molecule has 4 bridgehead atoms. The van der Waals surface area contributed by atoms with Crippen molar-refractivity contribution in [3.8, 4) is 0 Å². The highest BCUT2D eigenvalue weighted by molar-refractivity contribution is 5.74. The number of aliphatic hydroxyl groups is 1. The molecule has 3 nitrogen and oxygen atoms in total. The summed E-state index contributed by atoms with van der Waals surface area (Å²) < 4.78 is 5.16. The molecule has 0 radical (unpaired) electrons. The Morgan fingerprint density at radius 1 is 1.31 bits per heavy atom. The quantitative estimate of drug-likeness (QED) is 0.570. The van der Waals surface area contributed by atoms with Crippen LogP contribution >= 0.6 is 0 Å². The lowest BCUT2D eigenvalue weighted by molar-refractivity contribution is -0.311. The van der Waals surface area contributed by atoms with Crippen molar-refractivity contribution < 1.29 is 14.6 Å². The van der Waals surface area contributed by atoms with Gasteiger partial charge in [-0.3, -0.25) is 4.79 Å². The maximum absolute atomic E-state index is 11.3. The lowest BCUT2D eigenvalue weighted by atomic mass is 9.62. The Bertz CT molecular complexity index is 247. The second-order valence-electron chi connectivity index (χ2n) is 4.67. The first-order valence-electron chi connectivity index (χ1n) is 5.15. The predicted molar refractivity (Wildman–Crippen MR) is 44.6 cm³/mol. The van der Waals surface area contributed by atoms with Crippen LogP contribution in [0.3, 0.4) is 0 Å². The smallest absolute Gasteiger partial charge is 0.311 e. The van der Waals surface area contributed by atoms with Crippen molar-refractivity contribution >= 4 is 5.97 Å². The number of hydrogen-bond acceptors (Lipinski definition) is 3. The third kappa shape index (κ3) is 0.857. The van der Waals surface area contributed by atoms with Crippen molar-refractivity contribution in [2.45, 2.75) is 37.9 Å². The van der Waals surface area contributed by atoms with Crippen molar-refractivity contribution in [3.63, 3.8) is 0 Å². The van der Waals surface area contributed by atoms with Crippen molar-refractivity contribution in [2.75, 3.05) is 0 Å². The van der Waals surface area contributed by atoms with Gasteiger partial charge >= 0.3 is 5.97 Å². The van der Waals surface area contributed by atoms with Crippen LogP contribution in [0, 0.1) is 17.8 Å². The van der Waals surface area contributed by atoms with Gasteiger partial charge in [-0.05, 0) is 25.7 Å². The summed E-state index contributed by atoms with van der Waals surface area (Å²) >= 11 is 0. The molecule has 2 aliphatic heterocycles. The average molecular weight is 182 g/mol. The Hall–Kier alpha value is -0.570. The molecule has 0 amide bonds. The van der Waals surface area contributed by atoms with Gasteiger partial charge in [0.05, 0.1) is 5.92 Å². The Morgan fingerprint density at radius 2 is 1.92 bits per heavy atom. The first-order valence-corrected chi connectivity index (χ1v) is 5.15. The zero-order valence-electron chi connectivity index (χ0n) is 7.53. The first kappa shape index (κ1) is 7.80. The Labute approximate surface area is 77.1 Å². The summed E-state index contributed by atoms with van der Waals surface area (Å²) in [6, 6.07) is 0.